The summed E-state index contributed by atoms with van der Waals surface area (Å²) in [5, 5.41) is 2.96. The van der Waals surface area contributed by atoms with Crippen molar-refractivity contribution in [3.8, 4) is 0 Å². The van der Waals surface area contributed by atoms with Crippen LogP contribution in [-0.2, 0) is 22.5 Å². The second-order valence-corrected chi connectivity index (χ2v) is 4.68. The van der Waals surface area contributed by atoms with Crippen molar-refractivity contribution >= 4 is 5.91 Å². The number of nitrogens with one attached hydrogen (secondary N) is 1. The number of carbonyl (C=O) groups is 1. The van der Waals surface area contributed by atoms with E-state index in [-0.39, 0.29) is 5.91 Å². The summed E-state index contributed by atoms with van der Waals surface area (Å²) in [6.07, 6.45) is 1.45. The number of benzene rings is 1. The predicted molar refractivity (Wildman–Crippen MR) is 70.0 cm³/mol. The molecule has 1 saturated heterocycles. The molecule has 4 heteroatoms. The van der Waals surface area contributed by atoms with Gasteiger partial charge in [0.2, 0.25) is 5.91 Å². The fourth-order valence-corrected chi connectivity index (χ4v) is 2.17. The SMILES string of the molecule is NCc1ccccc1CC(=O)NCC1CCOC1. The Morgan fingerprint density at radius 2 is 2.17 bits per heavy atom. The van der Waals surface area contributed by atoms with Gasteiger partial charge in [0.05, 0.1) is 13.0 Å². The number of ether oxygens (including phenoxy) is 1. The highest BCUT2D eigenvalue weighted by Crippen LogP contribution is 2.11. The predicted octanol–water partition coefficient (Wildman–Crippen LogP) is 0.840. The first-order valence-electron chi connectivity index (χ1n) is 6.41. The molecule has 1 aliphatic rings. The zero-order valence-corrected chi connectivity index (χ0v) is 10.5. The lowest BCUT2D eigenvalue weighted by Crippen LogP contribution is -2.31. The van der Waals surface area contributed by atoms with Crippen LogP contribution in [0.4, 0.5) is 0 Å². The maximum absolute atomic E-state index is 11.8. The number of carbonyl (C=O) groups excluding carboxylic acids is 1. The summed E-state index contributed by atoms with van der Waals surface area (Å²) >= 11 is 0. The second kappa shape index (κ2) is 6.52. The van der Waals surface area contributed by atoms with Gasteiger partial charge in [-0.3, -0.25) is 4.79 Å². The van der Waals surface area contributed by atoms with Crippen LogP contribution in [0, 0.1) is 5.92 Å². The Kier molecular flexibility index (Phi) is 4.73. The van der Waals surface area contributed by atoms with Gasteiger partial charge < -0.3 is 15.8 Å². The summed E-state index contributed by atoms with van der Waals surface area (Å²) in [5.74, 6) is 0.529. The van der Waals surface area contributed by atoms with Crippen molar-refractivity contribution < 1.29 is 9.53 Å². The van der Waals surface area contributed by atoms with E-state index in [1.54, 1.807) is 0 Å². The van der Waals surface area contributed by atoms with Crippen molar-refractivity contribution in [1.82, 2.24) is 5.32 Å². The average Bonchev–Trinajstić information content (AvgIpc) is 2.90. The molecule has 1 heterocycles. The van der Waals surface area contributed by atoms with Crippen LogP contribution >= 0.6 is 0 Å². The zero-order chi connectivity index (χ0) is 12.8. The monoisotopic (exact) mass is 248 g/mol. The van der Waals surface area contributed by atoms with Gasteiger partial charge in [-0.05, 0) is 17.5 Å². The van der Waals surface area contributed by atoms with E-state index in [1.165, 1.54) is 0 Å². The number of rotatable bonds is 5. The van der Waals surface area contributed by atoms with Crippen LogP contribution < -0.4 is 11.1 Å². The Morgan fingerprint density at radius 1 is 1.39 bits per heavy atom. The van der Waals surface area contributed by atoms with Crippen molar-refractivity contribution in [3.05, 3.63) is 35.4 Å². The summed E-state index contributed by atoms with van der Waals surface area (Å²) in [6, 6.07) is 7.81. The molecule has 0 aliphatic carbocycles. The Morgan fingerprint density at radius 3 is 2.83 bits per heavy atom. The third-order valence-corrected chi connectivity index (χ3v) is 3.30. The van der Waals surface area contributed by atoms with Crippen LogP contribution in [0.15, 0.2) is 24.3 Å². The minimum absolute atomic E-state index is 0.0581. The number of amides is 1. The lowest BCUT2D eigenvalue weighted by atomic mass is 10.0. The highest BCUT2D eigenvalue weighted by Gasteiger charge is 2.16. The van der Waals surface area contributed by atoms with Crippen molar-refractivity contribution in [2.45, 2.75) is 19.4 Å². The van der Waals surface area contributed by atoms with Crippen molar-refractivity contribution in [1.29, 1.82) is 0 Å². The molecule has 1 aliphatic heterocycles. The molecule has 0 spiro atoms. The molecular weight excluding hydrogens is 228 g/mol. The van der Waals surface area contributed by atoms with Crippen LogP contribution in [0.5, 0.6) is 0 Å². The first kappa shape index (κ1) is 13.1. The lowest BCUT2D eigenvalue weighted by Gasteiger charge is -2.11. The molecule has 18 heavy (non-hydrogen) atoms. The van der Waals surface area contributed by atoms with E-state index >= 15 is 0 Å². The smallest absolute Gasteiger partial charge is 0.224 e. The van der Waals surface area contributed by atoms with Crippen molar-refractivity contribution in [3.63, 3.8) is 0 Å². The molecule has 1 unspecified atom stereocenters. The zero-order valence-electron chi connectivity index (χ0n) is 10.5. The number of hydrogen-bond acceptors (Lipinski definition) is 3. The minimum Gasteiger partial charge on any atom is -0.381 e. The summed E-state index contributed by atoms with van der Waals surface area (Å²) in [4.78, 5) is 11.8. The van der Waals surface area contributed by atoms with Crippen molar-refractivity contribution in [2.24, 2.45) is 11.7 Å². The molecule has 4 nitrogen and oxygen atoms in total. The molecule has 0 bridgehead atoms. The van der Waals surface area contributed by atoms with Crippen LogP contribution in [-0.4, -0.2) is 25.7 Å². The van der Waals surface area contributed by atoms with Gasteiger partial charge in [0, 0.05) is 25.6 Å². The molecule has 98 valence electrons. The van der Waals surface area contributed by atoms with Crippen molar-refractivity contribution in [2.75, 3.05) is 19.8 Å². The highest BCUT2D eigenvalue weighted by atomic mass is 16.5. The first-order chi connectivity index (χ1) is 8.79. The molecule has 1 atom stereocenters. The Bertz CT molecular complexity index is 401. The molecule has 1 aromatic rings. The van der Waals surface area contributed by atoms with Gasteiger partial charge in [0.1, 0.15) is 0 Å². The summed E-state index contributed by atoms with van der Waals surface area (Å²) in [5.41, 5.74) is 7.70. The highest BCUT2D eigenvalue weighted by molar-refractivity contribution is 5.78. The van der Waals surface area contributed by atoms with Gasteiger partial charge in [-0.2, -0.15) is 0 Å². The third-order valence-electron chi connectivity index (χ3n) is 3.30. The molecule has 2 rings (SSSR count). The van der Waals surface area contributed by atoms with E-state index in [0.717, 1.165) is 30.8 Å². The quantitative estimate of drug-likeness (QED) is 0.811. The average molecular weight is 248 g/mol. The molecule has 0 radical (unpaired) electrons. The van der Waals surface area contributed by atoms with E-state index in [4.69, 9.17) is 10.5 Å². The van der Waals surface area contributed by atoms with Crippen LogP contribution in [0.1, 0.15) is 17.5 Å². The van der Waals surface area contributed by atoms with E-state index in [1.807, 2.05) is 24.3 Å². The fraction of sp³-hybridized carbons (Fsp3) is 0.500. The van der Waals surface area contributed by atoms with E-state index in [9.17, 15) is 4.79 Å². The Balaban J connectivity index is 1.82. The summed E-state index contributed by atoms with van der Waals surface area (Å²) in [7, 11) is 0. The maximum atomic E-state index is 11.8. The Hall–Kier alpha value is -1.39. The van der Waals surface area contributed by atoms with Crippen LogP contribution in [0.3, 0.4) is 0 Å². The summed E-state index contributed by atoms with van der Waals surface area (Å²) < 4.78 is 5.28. The van der Waals surface area contributed by atoms with E-state index < -0.39 is 0 Å². The van der Waals surface area contributed by atoms with Gasteiger partial charge in [0.15, 0.2) is 0 Å². The second-order valence-electron chi connectivity index (χ2n) is 4.68. The molecule has 0 aromatic heterocycles. The lowest BCUT2D eigenvalue weighted by molar-refractivity contribution is -0.120. The standard InChI is InChI=1S/C14H20N2O2/c15-8-13-4-2-1-3-12(13)7-14(17)16-9-11-5-6-18-10-11/h1-4,11H,5-10,15H2,(H,16,17). The Labute approximate surface area is 108 Å². The minimum atomic E-state index is 0.0581. The van der Waals surface area contributed by atoms with Gasteiger partial charge in [-0.25, -0.2) is 0 Å². The van der Waals surface area contributed by atoms with E-state index in [0.29, 0.717) is 25.4 Å². The molecule has 0 saturated carbocycles. The van der Waals surface area contributed by atoms with Gasteiger partial charge in [0.25, 0.3) is 0 Å². The van der Waals surface area contributed by atoms with Gasteiger partial charge in [-0.15, -0.1) is 0 Å². The van der Waals surface area contributed by atoms with Crippen LogP contribution in [0.25, 0.3) is 0 Å². The third kappa shape index (κ3) is 3.55. The number of hydrogen-bond donors (Lipinski definition) is 2. The van der Waals surface area contributed by atoms with Crippen LogP contribution in [0.2, 0.25) is 0 Å². The number of nitrogens with two attached hydrogens (primary N) is 1. The normalized spacial score (nSPS) is 18.8. The van der Waals surface area contributed by atoms with Gasteiger partial charge in [-0.1, -0.05) is 24.3 Å². The maximum Gasteiger partial charge on any atom is 0.224 e. The molecular formula is C14H20N2O2. The first-order valence-corrected chi connectivity index (χ1v) is 6.41. The molecule has 3 N–H and O–H groups in total. The van der Waals surface area contributed by atoms with E-state index in [2.05, 4.69) is 5.32 Å². The van der Waals surface area contributed by atoms with Gasteiger partial charge >= 0.3 is 0 Å². The molecule has 1 aromatic carbocycles. The fourth-order valence-electron chi connectivity index (χ4n) is 2.17. The summed E-state index contributed by atoms with van der Waals surface area (Å²) in [6.45, 7) is 2.76. The largest absolute Gasteiger partial charge is 0.381 e. The molecule has 1 fully saturated rings. The topological polar surface area (TPSA) is 64.4 Å². The molecule has 1 amide bonds.